The van der Waals surface area contributed by atoms with E-state index in [0.29, 0.717) is 37.2 Å². The highest BCUT2D eigenvalue weighted by Crippen LogP contribution is 2.70. The van der Waals surface area contributed by atoms with Crippen LogP contribution in [0, 0.1) is 22.7 Å². The summed E-state index contributed by atoms with van der Waals surface area (Å²) in [7, 11) is 0. The van der Waals surface area contributed by atoms with Gasteiger partial charge in [-0.15, -0.1) is 0 Å². The Morgan fingerprint density at radius 3 is 2.44 bits per heavy atom. The Hall–Kier alpha value is -3.62. The van der Waals surface area contributed by atoms with Crippen molar-refractivity contribution in [2.24, 2.45) is 22.7 Å². The maximum Gasteiger partial charge on any atom is 0.339 e. The average molecular weight is 589 g/mol. The monoisotopic (exact) mass is 588 g/mol. The van der Waals surface area contributed by atoms with Gasteiger partial charge < -0.3 is 19.7 Å². The maximum atomic E-state index is 17.4. The van der Waals surface area contributed by atoms with Gasteiger partial charge in [-0.2, -0.15) is 0 Å². The summed E-state index contributed by atoms with van der Waals surface area (Å²) in [5, 5.41) is 21.7. The van der Waals surface area contributed by atoms with E-state index in [2.05, 4.69) is 0 Å². The van der Waals surface area contributed by atoms with Gasteiger partial charge in [0.2, 0.25) is 5.78 Å². The number of allylic oxidation sites excluding steroid dienone is 4. The molecule has 4 aliphatic rings. The number of ether oxygens (including phenoxy) is 2. The van der Waals surface area contributed by atoms with Crippen molar-refractivity contribution in [1.29, 1.82) is 0 Å². The molecule has 0 bridgehead atoms. The van der Waals surface area contributed by atoms with Crippen molar-refractivity contribution < 1.29 is 38.5 Å². The van der Waals surface area contributed by atoms with Crippen molar-refractivity contribution in [1.82, 2.24) is 0 Å². The van der Waals surface area contributed by atoms with Gasteiger partial charge in [-0.05, 0) is 86.9 Å². The molecule has 0 amide bonds. The molecule has 7 atom stereocenters. The molecule has 43 heavy (non-hydrogen) atoms. The van der Waals surface area contributed by atoms with E-state index >= 15 is 4.39 Å². The molecule has 3 fully saturated rings. The molecule has 0 aliphatic heterocycles. The second kappa shape index (κ2) is 10.5. The number of Topliss-reactive ketones (excluding diaryl/α,β-unsaturated/α-hetero) is 1. The van der Waals surface area contributed by atoms with Crippen molar-refractivity contribution in [3.8, 4) is 5.75 Å². The fraction of sp³-hybridized carbons (Fsp3) is 0.457. The second-order valence-electron chi connectivity index (χ2n) is 12.9. The van der Waals surface area contributed by atoms with Gasteiger partial charge in [-0.25, -0.2) is 9.18 Å². The van der Waals surface area contributed by atoms with E-state index < -0.39 is 58.4 Å². The first-order valence-electron chi connectivity index (χ1n) is 14.9. The Kier molecular flexibility index (Phi) is 7.21. The van der Waals surface area contributed by atoms with Crippen LogP contribution in [0.2, 0.25) is 0 Å². The molecule has 0 spiro atoms. The Morgan fingerprint density at radius 2 is 1.74 bits per heavy atom. The van der Waals surface area contributed by atoms with Gasteiger partial charge in [0.1, 0.15) is 19.0 Å². The second-order valence-corrected chi connectivity index (χ2v) is 12.9. The molecule has 0 radical (unpaired) electrons. The zero-order valence-corrected chi connectivity index (χ0v) is 24.4. The number of halogens is 1. The number of hydrogen-bond donors (Lipinski definition) is 2. The van der Waals surface area contributed by atoms with Gasteiger partial charge in [-0.3, -0.25) is 9.59 Å². The third-order valence-electron chi connectivity index (χ3n) is 11.0. The first-order valence-corrected chi connectivity index (χ1v) is 14.9. The van der Waals surface area contributed by atoms with Crippen LogP contribution in [-0.4, -0.2) is 51.7 Å². The number of benzene rings is 2. The van der Waals surface area contributed by atoms with Gasteiger partial charge in [0.15, 0.2) is 17.1 Å². The zero-order valence-electron chi connectivity index (χ0n) is 24.4. The van der Waals surface area contributed by atoms with Crippen LogP contribution in [0.3, 0.4) is 0 Å². The first kappa shape index (κ1) is 29.5. The first-order chi connectivity index (χ1) is 20.5. The van der Waals surface area contributed by atoms with Crippen molar-refractivity contribution in [3.05, 3.63) is 89.5 Å². The van der Waals surface area contributed by atoms with Crippen LogP contribution in [0.25, 0.3) is 0 Å². The number of carbonyl (C=O) groups excluding carboxylic acids is 3. The van der Waals surface area contributed by atoms with Crippen molar-refractivity contribution in [2.45, 2.75) is 69.9 Å². The van der Waals surface area contributed by atoms with Crippen molar-refractivity contribution in [3.63, 3.8) is 0 Å². The van der Waals surface area contributed by atoms with Crippen LogP contribution < -0.4 is 4.74 Å². The molecule has 2 aromatic rings. The largest absolute Gasteiger partial charge is 0.489 e. The smallest absolute Gasteiger partial charge is 0.339 e. The predicted octanol–water partition coefficient (Wildman–Crippen LogP) is 5.09. The van der Waals surface area contributed by atoms with E-state index in [-0.39, 0.29) is 24.2 Å². The lowest BCUT2D eigenvalue weighted by Crippen LogP contribution is -2.69. The Morgan fingerprint density at radius 1 is 1.02 bits per heavy atom. The van der Waals surface area contributed by atoms with E-state index in [4.69, 9.17) is 9.47 Å². The minimum absolute atomic E-state index is 0.116. The summed E-state index contributed by atoms with van der Waals surface area (Å²) in [5.41, 5.74) is -4.22. The van der Waals surface area contributed by atoms with Gasteiger partial charge in [-0.1, -0.05) is 48.9 Å². The Bertz CT molecular complexity index is 1500. The molecule has 2 N–H and O–H groups in total. The van der Waals surface area contributed by atoms with Crippen LogP contribution in [0.4, 0.5) is 4.39 Å². The van der Waals surface area contributed by atoms with Crippen LogP contribution in [0.5, 0.6) is 5.75 Å². The summed E-state index contributed by atoms with van der Waals surface area (Å²) in [4.78, 5) is 39.2. The SMILES string of the molecule is C[C@]12C=CC(=O)C=C1CCC1C3CC[C@@](OC(=O)c4ccc(OCc5ccccc5)cc4)(C(=O)CO)[C@@]3(C)C[C@H](O)C12F. The van der Waals surface area contributed by atoms with E-state index in [1.165, 1.54) is 12.2 Å². The van der Waals surface area contributed by atoms with Crippen molar-refractivity contribution >= 4 is 17.5 Å². The standard InChI is InChI=1S/C35H37FO7/c1-32-16-14-25(38)18-24(32)10-13-28-27-15-17-34(30(40)20-37,33(27,2)19-29(39)35(28,32)36)43-31(41)23-8-11-26(12-9-23)42-21-22-6-4-3-5-7-22/h3-9,11-12,14,16,18,27-29,37,39H,10,13,15,17,19-21H2,1-2H3/t27?,28?,29-,32-,33-,34+,35?/m0/s1. The molecule has 0 heterocycles. The van der Waals surface area contributed by atoms with E-state index in [9.17, 15) is 24.6 Å². The summed E-state index contributed by atoms with van der Waals surface area (Å²) >= 11 is 0. The molecule has 3 saturated carbocycles. The molecule has 4 aliphatic carbocycles. The third-order valence-corrected chi connectivity index (χ3v) is 11.0. The zero-order chi connectivity index (χ0) is 30.6. The Labute approximate surface area is 250 Å². The van der Waals surface area contributed by atoms with Crippen molar-refractivity contribution in [2.75, 3.05) is 6.61 Å². The summed E-state index contributed by atoms with van der Waals surface area (Å²) < 4.78 is 29.3. The van der Waals surface area contributed by atoms with Crippen LogP contribution in [-0.2, 0) is 20.9 Å². The van der Waals surface area contributed by atoms with Crippen LogP contribution in [0.1, 0.15) is 61.9 Å². The van der Waals surface area contributed by atoms with E-state index in [1.807, 2.05) is 30.3 Å². The van der Waals surface area contributed by atoms with E-state index in [1.54, 1.807) is 44.2 Å². The third kappa shape index (κ3) is 4.32. The maximum absolute atomic E-state index is 17.4. The fourth-order valence-corrected chi connectivity index (χ4v) is 8.65. The van der Waals surface area contributed by atoms with Crippen LogP contribution in [0.15, 0.2) is 78.4 Å². The minimum atomic E-state index is -2.07. The molecule has 3 unspecified atom stereocenters. The van der Waals surface area contributed by atoms with Gasteiger partial charge in [0, 0.05) is 16.7 Å². The molecular formula is C35H37FO7. The lowest BCUT2D eigenvalue weighted by molar-refractivity contribution is -0.217. The lowest BCUT2D eigenvalue weighted by atomic mass is 9.44. The highest BCUT2D eigenvalue weighted by Gasteiger charge is 2.75. The summed E-state index contributed by atoms with van der Waals surface area (Å²) in [6.45, 7) is 3.02. The highest BCUT2D eigenvalue weighted by atomic mass is 19.1. The number of aliphatic hydroxyl groups excluding tert-OH is 2. The molecule has 0 aromatic heterocycles. The topological polar surface area (TPSA) is 110 Å². The fourth-order valence-electron chi connectivity index (χ4n) is 8.65. The highest BCUT2D eigenvalue weighted by molar-refractivity contribution is 6.01. The van der Waals surface area contributed by atoms with Gasteiger partial charge >= 0.3 is 5.97 Å². The molecule has 8 heteroatoms. The predicted molar refractivity (Wildman–Crippen MR) is 156 cm³/mol. The average Bonchev–Trinajstić information content (AvgIpc) is 3.29. The summed E-state index contributed by atoms with van der Waals surface area (Å²) in [5.74, 6) is -2.07. The lowest BCUT2D eigenvalue weighted by Gasteiger charge is -2.62. The number of fused-ring (bicyclic) bond motifs is 5. The number of esters is 1. The number of aliphatic hydroxyl groups is 2. The number of alkyl halides is 1. The summed E-state index contributed by atoms with van der Waals surface area (Å²) in [6, 6.07) is 16.1. The molecular weight excluding hydrogens is 551 g/mol. The van der Waals surface area contributed by atoms with E-state index in [0.717, 1.165) is 5.56 Å². The molecule has 226 valence electrons. The minimum Gasteiger partial charge on any atom is -0.489 e. The molecule has 7 nitrogen and oxygen atoms in total. The van der Waals surface area contributed by atoms with Crippen LogP contribution >= 0.6 is 0 Å². The molecule has 2 aromatic carbocycles. The summed E-state index contributed by atoms with van der Waals surface area (Å²) in [6.07, 6.45) is 4.17. The number of hydrogen-bond acceptors (Lipinski definition) is 7. The molecule has 6 rings (SSSR count). The quantitative estimate of drug-likeness (QED) is 0.434. The molecule has 0 saturated heterocycles. The number of ketones is 2. The van der Waals surface area contributed by atoms with Gasteiger partial charge in [0.05, 0.1) is 11.7 Å². The normalized spacial score (nSPS) is 36.2. The van der Waals surface area contributed by atoms with Gasteiger partial charge in [0.25, 0.3) is 0 Å². The Balaban J connectivity index is 1.27. The number of rotatable bonds is 7. The number of carbonyl (C=O) groups is 3.